The number of piperidine rings is 1. The number of benzene rings is 2. The maximum Gasteiger partial charge on any atom is 0.418 e. The van der Waals surface area contributed by atoms with Crippen LogP contribution < -0.4 is 5.32 Å². The number of rotatable bonds is 8. The number of halogens is 6. The quantitative estimate of drug-likeness (QED) is 0.164. The van der Waals surface area contributed by atoms with E-state index in [0.29, 0.717) is 73.7 Å². The summed E-state index contributed by atoms with van der Waals surface area (Å²) in [6.07, 6.45) is -6.12. The normalized spacial score (nSPS) is 15.0. The van der Waals surface area contributed by atoms with Crippen LogP contribution in [0.1, 0.15) is 36.7 Å². The van der Waals surface area contributed by atoms with Crippen LogP contribution >= 0.6 is 0 Å². The van der Waals surface area contributed by atoms with Gasteiger partial charge in [0.15, 0.2) is 0 Å². The predicted molar refractivity (Wildman–Crippen MR) is 152 cm³/mol. The topological polar surface area (TPSA) is 80.2 Å². The molecule has 13 heteroatoms. The zero-order valence-corrected chi connectivity index (χ0v) is 23.7. The van der Waals surface area contributed by atoms with E-state index in [0.717, 1.165) is 18.2 Å². The molecule has 44 heavy (non-hydrogen) atoms. The van der Waals surface area contributed by atoms with Crippen LogP contribution in [0.25, 0.3) is 22.2 Å². The minimum atomic E-state index is -4.62. The summed E-state index contributed by atoms with van der Waals surface area (Å²) >= 11 is 0. The second kappa shape index (κ2) is 12.8. The Kier molecular flexibility index (Phi) is 9.05. The largest absolute Gasteiger partial charge is 0.466 e. The van der Waals surface area contributed by atoms with Crippen molar-refractivity contribution in [2.45, 2.75) is 38.5 Å². The lowest BCUT2D eigenvalue weighted by Gasteiger charge is -2.30. The Morgan fingerprint density at radius 2 is 1.70 bits per heavy atom. The molecule has 0 spiro atoms. The molecule has 1 saturated heterocycles. The zero-order chi connectivity index (χ0) is 31.5. The number of ether oxygens (including phenoxy) is 1. The number of carbonyl (C=O) groups excluding carboxylic acids is 1. The number of nitrogens with zero attached hydrogens (tertiary/aromatic N) is 4. The molecule has 0 bridgehead atoms. The van der Waals surface area contributed by atoms with Crippen molar-refractivity contribution in [2.24, 2.45) is 5.92 Å². The summed E-state index contributed by atoms with van der Waals surface area (Å²) in [7, 11) is 0. The van der Waals surface area contributed by atoms with Crippen molar-refractivity contribution in [3.8, 4) is 11.3 Å². The first-order chi connectivity index (χ1) is 20.9. The predicted octanol–water partition coefficient (Wildman–Crippen LogP) is 7.29. The van der Waals surface area contributed by atoms with E-state index in [1.807, 2.05) is 0 Å². The van der Waals surface area contributed by atoms with Crippen LogP contribution in [0.4, 0.5) is 37.8 Å². The van der Waals surface area contributed by atoms with E-state index in [-0.39, 0.29) is 23.1 Å². The van der Waals surface area contributed by atoms with Crippen LogP contribution in [-0.4, -0.2) is 52.1 Å². The fraction of sp³-hybridized carbons (Fsp3) is 0.355. The van der Waals surface area contributed by atoms with Crippen LogP contribution in [0.2, 0.25) is 0 Å². The van der Waals surface area contributed by atoms with E-state index in [2.05, 4.69) is 25.2 Å². The molecule has 0 atom stereocenters. The number of alkyl halides is 6. The van der Waals surface area contributed by atoms with Gasteiger partial charge in [-0.05, 0) is 81.4 Å². The van der Waals surface area contributed by atoms with Crippen molar-refractivity contribution >= 4 is 28.4 Å². The van der Waals surface area contributed by atoms with Crippen LogP contribution in [0.5, 0.6) is 0 Å². The summed E-state index contributed by atoms with van der Waals surface area (Å²) in [4.78, 5) is 27.5. The molecule has 7 nitrogen and oxygen atoms in total. The number of likely N-dealkylation sites (tertiary alicyclic amines) is 1. The molecule has 0 amide bonds. The van der Waals surface area contributed by atoms with E-state index in [1.54, 1.807) is 13.0 Å². The van der Waals surface area contributed by atoms with Crippen LogP contribution in [0.3, 0.4) is 0 Å². The van der Waals surface area contributed by atoms with Crippen molar-refractivity contribution in [1.29, 1.82) is 0 Å². The minimum Gasteiger partial charge on any atom is -0.466 e. The standard InChI is InChI=1S/C31H29F6N5O2/c1-2-44-29(43)19-11-15-42(16-12-19)17-13-26-40-25-18-20(27-24(31(35,36)37)4-3-14-38-27)5-10-23(25)28(41-26)39-22-8-6-21(7-9-22)30(32,33)34/h3-10,14,18-19H,2,11-13,15-17H2,1H3,(H,39,40,41). The average molecular weight is 618 g/mol. The summed E-state index contributed by atoms with van der Waals surface area (Å²) in [6.45, 7) is 4.03. The van der Waals surface area contributed by atoms with Crippen LogP contribution in [0.15, 0.2) is 60.8 Å². The zero-order valence-electron chi connectivity index (χ0n) is 23.7. The number of pyridine rings is 1. The molecule has 5 rings (SSSR count). The smallest absolute Gasteiger partial charge is 0.418 e. The van der Waals surface area contributed by atoms with Crippen LogP contribution in [-0.2, 0) is 28.3 Å². The lowest BCUT2D eigenvalue weighted by atomic mass is 9.97. The summed E-state index contributed by atoms with van der Waals surface area (Å²) in [5, 5.41) is 3.52. The summed E-state index contributed by atoms with van der Waals surface area (Å²) in [5.74, 6) is 0.360. The highest BCUT2D eigenvalue weighted by Crippen LogP contribution is 2.37. The van der Waals surface area contributed by atoms with E-state index in [1.165, 1.54) is 36.5 Å². The van der Waals surface area contributed by atoms with Gasteiger partial charge in [-0.1, -0.05) is 6.07 Å². The first kappa shape index (κ1) is 31.2. The molecule has 1 aliphatic heterocycles. The molecule has 0 aliphatic carbocycles. The van der Waals surface area contributed by atoms with Gasteiger partial charge in [0, 0.05) is 35.8 Å². The molecule has 0 saturated carbocycles. The lowest BCUT2D eigenvalue weighted by molar-refractivity contribution is -0.149. The third kappa shape index (κ3) is 7.26. The number of hydrogen-bond donors (Lipinski definition) is 1. The number of carbonyl (C=O) groups is 1. The second-order valence-electron chi connectivity index (χ2n) is 10.4. The number of esters is 1. The van der Waals surface area contributed by atoms with E-state index < -0.39 is 23.5 Å². The number of nitrogens with one attached hydrogen (secondary N) is 1. The monoisotopic (exact) mass is 617 g/mol. The number of hydrogen-bond acceptors (Lipinski definition) is 7. The summed E-state index contributed by atoms with van der Waals surface area (Å²) in [5.41, 5.74) is -1.04. The van der Waals surface area contributed by atoms with Gasteiger partial charge in [-0.15, -0.1) is 0 Å². The molecule has 4 aromatic rings. The lowest BCUT2D eigenvalue weighted by Crippen LogP contribution is -2.38. The van der Waals surface area contributed by atoms with Gasteiger partial charge in [0.1, 0.15) is 11.6 Å². The molecule has 1 aliphatic rings. The molecular formula is C31H29F6N5O2. The third-order valence-electron chi connectivity index (χ3n) is 7.46. The van der Waals surface area contributed by atoms with Crippen molar-refractivity contribution < 1.29 is 35.9 Å². The SMILES string of the molecule is CCOC(=O)C1CCN(CCc2nc(Nc3ccc(C(F)(F)F)cc3)c3ccc(-c4ncccc4C(F)(F)F)cc3n2)CC1. The van der Waals surface area contributed by atoms with Crippen molar-refractivity contribution in [3.63, 3.8) is 0 Å². The number of anilines is 2. The number of aromatic nitrogens is 3. The maximum absolute atomic E-state index is 13.7. The van der Waals surface area contributed by atoms with Gasteiger partial charge >= 0.3 is 18.3 Å². The van der Waals surface area contributed by atoms with Crippen molar-refractivity contribution in [3.05, 3.63) is 77.7 Å². The molecule has 2 aromatic heterocycles. The molecule has 3 heterocycles. The molecule has 232 valence electrons. The molecule has 0 radical (unpaired) electrons. The van der Waals surface area contributed by atoms with Gasteiger partial charge in [-0.25, -0.2) is 9.97 Å². The third-order valence-corrected chi connectivity index (χ3v) is 7.46. The van der Waals surface area contributed by atoms with E-state index in [4.69, 9.17) is 4.74 Å². The molecule has 0 unspecified atom stereocenters. The fourth-order valence-corrected chi connectivity index (χ4v) is 5.19. The van der Waals surface area contributed by atoms with Gasteiger partial charge in [-0.3, -0.25) is 9.78 Å². The van der Waals surface area contributed by atoms with Gasteiger partial charge in [0.05, 0.1) is 34.9 Å². The van der Waals surface area contributed by atoms with Gasteiger partial charge < -0.3 is 15.0 Å². The Balaban J connectivity index is 1.45. The summed E-state index contributed by atoms with van der Waals surface area (Å²) in [6, 6.07) is 11.2. The van der Waals surface area contributed by atoms with Gasteiger partial charge in [0.25, 0.3) is 0 Å². The Morgan fingerprint density at radius 3 is 2.36 bits per heavy atom. The first-order valence-electron chi connectivity index (χ1n) is 14.1. The fourth-order valence-electron chi connectivity index (χ4n) is 5.19. The Morgan fingerprint density at radius 1 is 0.977 bits per heavy atom. The maximum atomic E-state index is 13.7. The van der Waals surface area contributed by atoms with Crippen molar-refractivity contribution in [2.75, 3.05) is 31.6 Å². The highest BCUT2D eigenvalue weighted by molar-refractivity contribution is 5.93. The highest BCUT2D eigenvalue weighted by Gasteiger charge is 2.34. The van der Waals surface area contributed by atoms with E-state index >= 15 is 0 Å². The van der Waals surface area contributed by atoms with Crippen LogP contribution in [0, 0.1) is 5.92 Å². The Labute approximate surface area is 249 Å². The average Bonchev–Trinajstić information content (AvgIpc) is 2.99. The van der Waals surface area contributed by atoms with Crippen molar-refractivity contribution in [1.82, 2.24) is 19.9 Å². The van der Waals surface area contributed by atoms with E-state index in [9.17, 15) is 31.1 Å². The highest BCUT2D eigenvalue weighted by atomic mass is 19.4. The minimum absolute atomic E-state index is 0.144. The molecule has 1 N–H and O–H groups in total. The van der Waals surface area contributed by atoms with Gasteiger partial charge in [-0.2, -0.15) is 26.3 Å². The Bertz CT molecular complexity index is 1620. The summed E-state index contributed by atoms with van der Waals surface area (Å²) < 4.78 is 85.6. The Hall–Kier alpha value is -4.26. The molecule has 2 aromatic carbocycles. The first-order valence-corrected chi connectivity index (χ1v) is 14.1. The molecular weight excluding hydrogens is 588 g/mol. The van der Waals surface area contributed by atoms with Gasteiger partial charge in [0.2, 0.25) is 0 Å². The number of fused-ring (bicyclic) bond motifs is 1. The molecule has 1 fully saturated rings. The second-order valence-corrected chi connectivity index (χ2v) is 10.4.